The van der Waals surface area contributed by atoms with Gasteiger partial charge in [0.1, 0.15) is 16.3 Å². The van der Waals surface area contributed by atoms with Gasteiger partial charge in [-0.25, -0.2) is 4.79 Å². The maximum Gasteiger partial charge on any atom is 0.340 e. The molecular weight excluding hydrogens is 292 g/mol. The summed E-state index contributed by atoms with van der Waals surface area (Å²) in [5.41, 5.74) is 1.43. The molecule has 0 aliphatic heterocycles. The van der Waals surface area contributed by atoms with E-state index in [1.54, 1.807) is 13.8 Å². The van der Waals surface area contributed by atoms with E-state index in [1.807, 2.05) is 0 Å². The highest BCUT2D eigenvalue weighted by atomic mass is 32.1. The largest absolute Gasteiger partial charge is 0.508 e. The van der Waals surface area contributed by atoms with E-state index in [0.717, 1.165) is 11.5 Å². The molecule has 0 aliphatic carbocycles. The van der Waals surface area contributed by atoms with Gasteiger partial charge >= 0.3 is 5.97 Å². The van der Waals surface area contributed by atoms with Crippen LogP contribution < -0.4 is 4.90 Å². The fourth-order valence-corrected chi connectivity index (χ4v) is 2.84. The number of aromatic carboxylic acids is 1. The first-order valence-corrected chi connectivity index (χ1v) is 6.87. The molecule has 0 aliphatic rings. The number of rotatable bonds is 3. The number of phenolic OH excluding ortho intramolecular Hbond substituents is 1. The summed E-state index contributed by atoms with van der Waals surface area (Å²) in [6.07, 6.45) is 0. The Bertz CT molecular complexity index is 724. The molecule has 2 N–H and O–H groups in total. The van der Waals surface area contributed by atoms with Crippen molar-refractivity contribution in [3.8, 4) is 5.75 Å². The summed E-state index contributed by atoms with van der Waals surface area (Å²) in [7, 11) is 1.51. The molecule has 1 amide bonds. The van der Waals surface area contributed by atoms with Crippen molar-refractivity contribution in [2.75, 3.05) is 11.9 Å². The third kappa shape index (κ3) is 2.73. The van der Waals surface area contributed by atoms with Crippen molar-refractivity contribution in [3.63, 3.8) is 0 Å². The Balaban J connectivity index is 2.42. The van der Waals surface area contributed by atoms with E-state index in [9.17, 15) is 19.8 Å². The summed E-state index contributed by atoms with van der Waals surface area (Å²) in [5.74, 6) is -1.39. The van der Waals surface area contributed by atoms with Gasteiger partial charge in [-0.1, -0.05) is 0 Å². The monoisotopic (exact) mass is 306 g/mol. The summed E-state index contributed by atoms with van der Waals surface area (Å²) in [6, 6.07) is 4.42. The van der Waals surface area contributed by atoms with Crippen LogP contribution in [0, 0.1) is 13.8 Å². The first-order chi connectivity index (χ1) is 9.82. The number of amides is 1. The maximum atomic E-state index is 12.5. The first-order valence-electron chi connectivity index (χ1n) is 6.10. The first kappa shape index (κ1) is 15.0. The molecule has 0 spiro atoms. The highest BCUT2D eigenvalue weighted by Gasteiger charge is 2.25. The Morgan fingerprint density at radius 3 is 2.52 bits per heavy atom. The standard InChI is InChI=1S/C14H14N2O4S/c1-7-6-9(17)4-5-10(7)12(18)16(3)13-11(14(19)20)8(2)15-21-13/h4-6,17H,1-3H3,(H,19,20). The Hall–Kier alpha value is -2.41. The van der Waals surface area contributed by atoms with Crippen LogP contribution in [0.3, 0.4) is 0 Å². The normalized spacial score (nSPS) is 10.4. The molecular formula is C14H14N2O4S. The zero-order valence-corrected chi connectivity index (χ0v) is 12.6. The summed E-state index contributed by atoms with van der Waals surface area (Å²) in [6.45, 7) is 3.30. The van der Waals surface area contributed by atoms with Gasteiger partial charge in [-0.15, -0.1) is 0 Å². The Morgan fingerprint density at radius 2 is 1.95 bits per heavy atom. The number of carboxylic acid groups (broad SMARTS) is 1. The molecule has 1 aromatic heterocycles. The smallest absolute Gasteiger partial charge is 0.340 e. The van der Waals surface area contributed by atoms with E-state index < -0.39 is 5.97 Å². The van der Waals surface area contributed by atoms with Gasteiger partial charge in [-0.05, 0) is 49.1 Å². The highest BCUT2D eigenvalue weighted by Crippen LogP contribution is 2.29. The van der Waals surface area contributed by atoms with Crippen molar-refractivity contribution >= 4 is 28.4 Å². The Morgan fingerprint density at radius 1 is 1.29 bits per heavy atom. The number of hydrogen-bond acceptors (Lipinski definition) is 5. The summed E-state index contributed by atoms with van der Waals surface area (Å²) in [4.78, 5) is 25.0. The van der Waals surface area contributed by atoms with Crippen molar-refractivity contribution in [1.29, 1.82) is 0 Å². The van der Waals surface area contributed by atoms with Gasteiger partial charge in [0.25, 0.3) is 5.91 Å². The fourth-order valence-electron chi connectivity index (χ4n) is 1.99. The third-order valence-corrected chi connectivity index (χ3v) is 4.12. The molecule has 0 unspecified atom stereocenters. The average molecular weight is 306 g/mol. The average Bonchev–Trinajstić information content (AvgIpc) is 2.79. The number of carbonyl (C=O) groups excluding carboxylic acids is 1. The molecule has 0 saturated heterocycles. The van der Waals surface area contributed by atoms with E-state index in [2.05, 4.69) is 4.37 Å². The molecule has 0 saturated carbocycles. The van der Waals surface area contributed by atoms with E-state index in [-0.39, 0.29) is 22.2 Å². The lowest BCUT2D eigenvalue weighted by Gasteiger charge is -2.17. The van der Waals surface area contributed by atoms with Gasteiger partial charge in [-0.2, -0.15) is 4.37 Å². The number of aromatic hydroxyl groups is 1. The van der Waals surface area contributed by atoms with E-state index >= 15 is 0 Å². The van der Waals surface area contributed by atoms with Crippen molar-refractivity contribution < 1.29 is 19.8 Å². The van der Waals surface area contributed by atoms with Gasteiger partial charge in [0.15, 0.2) is 0 Å². The minimum Gasteiger partial charge on any atom is -0.508 e. The molecule has 21 heavy (non-hydrogen) atoms. The number of phenols is 1. The highest BCUT2D eigenvalue weighted by molar-refractivity contribution is 7.11. The molecule has 0 bridgehead atoms. The lowest BCUT2D eigenvalue weighted by molar-refractivity contribution is 0.0697. The van der Waals surface area contributed by atoms with Crippen molar-refractivity contribution in [2.45, 2.75) is 13.8 Å². The topological polar surface area (TPSA) is 90.7 Å². The van der Waals surface area contributed by atoms with Crippen LogP contribution in [0.1, 0.15) is 32.0 Å². The van der Waals surface area contributed by atoms with Crippen LogP contribution in [0.25, 0.3) is 0 Å². The predicted molar refractivity (Wildman–Crippen MR) is 79.4 cm³/mol. The molecule has 2 aromatic rings. The zero-order chi connectivity index (χ0) is 15.7. The van der Waals surface area contributed by atoms with Crippen LogP contribution in [-0.4, -0.2) is 33.5 Å². The molecule has 2 rings (SSSR count). The van der Waals surface area contributed by atoms with Crippen LogP contribution in [-0.2, 0) is 0 Å². The van der Waals surface area contributed by atoms with Gasteiger partial charge in [-0.3, -0.25) is 4.79 Å². The van der Waals surface area contributed by atoms with E-state index in [0.29, 0.717) is 16.8 Å². The van der Waals surface area contributed by atoms with E-state index in [4.69, 9.17) is 0 Å². The van der Waals surface area contributed by atoms with Crippen LogP contribution in [0.15, 0.2) is 18.2 Å². The number of aromatic nitrogens is 1. The van der Waals surface area contributed by atoms with Crippen LogP contribution in [0.2, 0.25) is 0 Å². The summed E-state index contributed by atoms with van der Waals surface area (Å²) in [5, 5.41) is 18.9. The molecule has 110 valence electrons. The second-order valence-corrected chi connectivity index (χ2v) is 5.37. The molecule has 0 atom stereocenters. The zero-order valence-electron chi connectivity index (χ0n) is 11.7. The number of nitrogens with zero attached hydrogens (tertiary/aromatic N) is 2. The summed E-state index contributed by atoms with van der Waals surface area (Å²) < 4.78 is 4.00. The fraction of sp³-hybridized carbons (Fsp3) is 0.214. The number of hydrogen-bond donors (Lipinski definition) is 2. The molecule has 0 radical (unpaired) electrons. The maximum absolute atomic E-state index is 12.5. The van der Waals surface area contributed by atoms with Crippen LogP contribution in [0.5, 0.6) is 5.75 Å². The second kappa shape index (κ2) is 5.53. The number of aryl methyl sites for hydroxylation is 2. The molecule has 1 heterocycles. The quantitative estimate of drug-likeness (QED) is 0.909. The lowest BCUT2D eigenvalue weighted by Crippen LogP contribution is -2.27. The van der Waals surface area contributed by atoms with Gasteiger partial charge in [0.2, 0.25) is 0 Å². The van der Waals surface area contributed by atoms with Gasteiger partial charge < -0.3 is 15.1 Å². The number of anilines is 1. The van der Waals surface area contributed by atoms with Gasteiger partial charge in [0, 0.05) is 12.6 Å². The number of carbonyl (C=O) groups is 2. The van der Waals surface area contributed by atoms with Crippen LogP contribution >= 0.6 is 11.5 Å². The molecule has 6 nitrogen and oxygen atoms in total. The second-order valence-electron chi connectivity index (χ2n) is 4.62. The van der Waals surface area contributed by atoms with Crippen molar-refractivity contribution in [2.24, 2.45) is 0 Å². The van der Waals surface area contributed by atoms with Crippen molar-refractivity contribution in [3.05, 3.63) is 40.6 Å². The molecule has 0 fully saturated rings. The Kier molecular flexibility index (Phi) is 3.95. The number of benzene rings is 1. The van der Waals surface area contributed by atoms with Crippen molar-refractivity contribution in [1.82, 2.24) is 4.37 Å². The summed E-state index contributed by atoms with van der Waals surface area (Å²) >= 11 is 0.969. The molecule has 7 heteroatoms. The minimum absolute atomic E-state index is 0.0345. The SMILES string of the molecule is Cc1cc(O)ccc1C(=O)N(C)c1snc(C)c1C(=O)O. The third-order valence-electron chi connectivity index (χ3n) is 3.11. The Labute approximate surface area is 125 Å². The van der Waals surface area contributed by atoms with Crippen LogP contribution in [0.4, 0.5) is 5.00 Å². The lowest BCUT2D eigenvalue weighted by atomic mass is 10.1. The minimum atomic E-state index is -1.11. The number of carboxylic acids is 1. The van der Waals surface area contributed by atoms with E-state index in [1.165, 1.54) is 30.1 Å². The van der Waals surface area contributed by atoms with Gasteiger partial charge in [0.05, 0.1) is 5.69 Å². The predicted octanol–water partition coefficient (Wildman–Crippen LogP) is 2.44. The molecule has 1 aromatic carbocycles.